The fourth-order valence-corrected chi connectivity index (χ4v) is 9.76. The number of halogens is 1. The summed E-state index contributed by atoms with van der Waals surface area (Å²) in [7, 11) is 0. The van der Waals surface area contributed by atoms with E-state index in [1.54, 1.807) is 0 Å². The highest BCUT2D eigenvalue weighted by Gasteiger charge is 2.59. The fraction of sp³-hybridized carbons (Fsp3) is 0.438. The van der Waals surface area contributed by atoms with Gasteiger partial charge in [-0.25, -0.2) is 25.0 Å². The van der Waals surface area contributed by atoms with E-state index in [2.05, 4.69) is 20.9 Å². The van der Waals surface area contributed by atoms with Gasteiger partial charge < -0.3 is 40.8 Å². The predicted molar refractivity (Wildman–Crippen MR) is 190 cm³/mol. The number of quaternary nitrogens is 1. The van der Waals surface area contributed by atoms with Crippen LogP contribution in [0.25, 0.3) is 0 Å². The van der Waals surface area contributed by atoms with Gasteiger partial charge in [-0.2, -0.15) is 0 Å². The maximum Gasteiger partial charge on any atom is 0.352 e. The number of nitrogens with two attached hydrogens (primary N) is 1. The minimum Gasteiger partial charge on any atom is -0.504 e. The van der Waals surface area contributed by atoms with Crippen molar-refractivity contribution < 1.29 is 58.5 Å². The summed E-state index contributed by atoms with van der Waals surface area (Å²) in [6.45, 7) is 5.07. The number of aromatic nitrogens is 1. The lowest BCUT2D eigenvalue weighted by Gasteiger charge is -2.50. The normalized spacial score (nSPS) is 26.2. The Labute approximate surface area is 318 Å². The number of carboxylic acid groups (broad SMARTS) is 2. The Kier molecular flexibility index (Phi) is 9.07. The Morgan fingerprint density at radius 3 is 2.52 bits per heavy atom. The maximum atomic E-state index is 13.5. The Balaban J connectivity index is 1.03. The van der Waals surface area contributed by atoms with Crippen LogP contribution in [-0.4, -0.2) is 137 Å². The number of nitrogens with one attached hydrogen (secondary N) is 2. The highest BCUT2D eigenvalue weighted by molar-refractivity contribution is 8.00. The Hall–Kier alpha value is -4.96. The quantitative estimate of drug-likeness (QED) is 0.0385. The van der Waals surface area contributed by atoms with Crippen LogP contribution >= 0.6 is 34.7 Å². The van der Waals surface area contributed by atoms with Gasteiger partial charge in [-0.1, -0.05) is 16.8 Å². The van der Waals surface area contributed by atoms with E-state index < -0.39 is 74.8 Å². The molecule has 6 heterocycles. The van der Waals surface area contributed by atoms with Gasteiger partial charge >= 0.3 is 11.9 Å². The zero-order valence-corrected chi connectivity index (χ0v) is 31.0. The minimum atomic E-state index is -1.80. The molecule has 0 radical (unpaired) electrons. The molecule has 7 rings (SSSR count). The number of hydrogen-bond acceptors (Lipinski definition) is 15. The first-order chi connectivity index (χ1) is 25.4. The van der Waals surface area contributed by atoms with E-state index in [0.717, 1.165) is 35.3 Å². The number of carbonyl (C=O) groups is 6. The molecule has 22 heteroatoms. The third-order valence-corrected chi connectivity index (χ3v) is 12.9. The van der Waals surface area contributed by atoms with Gasteiger partial charge in [0.2, 0.25) is 5.60 Å². The van der Waals surface area contributed by atoms with Crippen LogP contribution in [0.5, 0.6) is 11.5 Å². The van der Waals surface area contributed by atoms with Gasteiger partial charge in [0.15, 0.2) is 22.3 Å². The second-order valence-electron chi connectivity index (χ2n) is 14.4. The van der Waals surface area contributed by atoms with Crippen LogP contribution in [-0.2, 0) is 24.0 Å². The van der Waals surface area contributed by atoms with Crippen LogP contribution in [0.3, 0.4) is 0 Å². The summed E-state index contributed by atoms with van der Waals surface area (Å²) >= 11 is 8.37. The van der Waals surface area contributed by atoms with Gasteiger partial charge in [-0.05, 0) is 19.9 Å². The molecule has 1 aromatic heterocycles. The maximum absolute atomic E-state index is 13.5. The molecule has 2 atom stereocenters. The first-order valence-corrected chi connectivity index (χ1v) is 18.8. The highest BCUT2D eigenvalue weighted by atomic mass is 35.5. The van der Waals surface area contributed by atoms with Gasteiger partial charge in [-0.3, -0.25) is 24.1 Å². The second-order valence-corrected chi connectivity index (χ2v) is 16.8. The smallest absolute Gasteiger partial charge is 0.352 e. The number of carbonyl (C=O) groups excluding carboxylic acids is 4. The van der Waals surface area contributed by atoms with Gasteiger partial charge in [-0.15, -0.1) is 23.1 Å². The summed E-state index contributed by atoms with van der Waals surface area (Å²) in [5, 5.41) is 47.2. The van der Waals surface area contributed by atoms with E-state index >= 15 is 0 Å². The van der Waals surface area contributed by atoms with E-state index in [4.69, 9.17) is 22.2 Å². The second kappa shape index (κ2) is 13.1. The molecule has 0 saturated carbocycles. The van der Waals surface area contributed by atoms with Crippen molar-refractivity contribution >= 4 is 81.1 Å². The minimum absolute atomic E-state index is 0.00496. The monoisotopic (exact) mass is 805 g/mol. The third-order valence-electron chi connectivity index (χ3n) is 10.5. The number of oxime groups is 1. The third kappa shape index (κ3) is 6.08. The van der Waals surface area contributed by atoms with Crippen molar-refractivity contribution in [1.82, 2.24) is 25.6 Å². The summed E-state index contributed by atoms with van der Waals surface area (Å²) in [5.41, 5.74) is 6.19. The number of amides is 4. The number of rotatable bonds is 12. The summed E-state index contributed by atoms with van der Waals surface area (Å²) in [6, 6.07) is -0.129. The number of thioether (sulfide) groups is 1. The molecule has 5 aliphatic rings. The number of aromatic hydroxyl groups is 2. The number of phenolic OH excluding ortho intramolecular Hbond substituents is 2. The average molecular weight is 806 g/mol. The van der Waals surface area contributed by atoms with Gasteiger partial charge in [0, 0.05) is 41.5 Å². The summed E-state index contributed by atoms with van der Waals surface area (Å²) < 4.78 is 0.542. The van der Waals surface area contributed by atoms with E-state index in [1.165, 1.54) is 35.9 Å². The Bertz CT molecular complexity index is 2110. The first kappa shape index (κ1) is 37.4. The van der Waals surface area contributed by atoms with Gasteiger partial charge in [0.1, 0.15) is 29.4 Å². The Morgan fingerprint density at radius 2 is 1.89 bits per heavy atom. The lowest BCUT2D eigenvalue weighted by atomic mass is 9.85. The molecular formula is C32H34ClN8O11S2+. The lowest BCUT2D eigenvalue weighted by molar-refractivity contribution is -0.904. The van der Waals surface area contributed by atoms with Crippen molar-refractivity contribution in [2.75, 3.05) is 44.2 Å². The van der Waals surface area contributed by atoms with Crippen molar-refractivity contribution in [3.63, 3.8) is 0 Å². The molecular weight excluding hydrogens is 772 g/mol. The van der Waals surface area contributed by atoms with Crippen molar-refractivity contribution in [2.24, 2.45) is 10.6 Å². The molecule has 19 nitrogen and oxygen atoms in total. The first-order valence-electron chi connectivity index (χ1n) is 16.5. The van der Waals surface area contributed by atoms with E-state index in [-0.39, 0.29) is 45.4 Å². The SMILES string of the molecule is CC(C)(O/N=C(\C(=O)N[C@@H]1C(=O)N2C(C(=O)O)=C(C[N+]34CCC(CNN5C(=O)c6cc(O)c(O)c(Cl)c6C5=O)(CC3)C4)CS[C@H]12)c1csc(N)n1)C(=O)O. The molecule has 3 fully saturated rings. The molecule has 2 bridgehead atoms. The number of imide groups is 1. The molecule has 0 unspecified atom stereocenters. The molecule has 286 valence electrons. The largest absolute Gasteiger partial charge is 0.504 e. The Morgan fingerprint density at radius 1 is 1.19 bits per heavy atom. The van der Waals surface area contributed by atoms with Crippen LogP contribution in [0, 0.1) is 5.41 Å². The number of thiazole rings is 1. The molecule has 1 aromatic carbocycles. The number of fused-ring (bicyclic) bond motifs is 4. The van der Waals surface area contributed by atoms with Gasteiger partial charge in [0.25, 0.3) is 23.6 Å². The average Bonchev–Trinajstić information content (AvgIpc) is 3.86. The number of benzene rings is 1. The van der Waals surface area contributed by atoms with Crippen LogP contribution in [0.15, 0.2) is 27.9 Å². The van der Waals surface area contributed by atoms with Crippen molar-refractivity contribution in [1.29, 1.82) is 0 Å². The lowest BCUT2D eigenvalue weighted by Crippen LogP contribution is -2.71. The number of anilines is 1. The molecule has 0 spiro atoms. The number of aliphatic carboxylic acids is 2. The van der Waals surface area contributed by atoms with Crippen LogP contribution in [0.1, 0.15) is 53.1 Å². The number of nitrogens with zero attached hydrogens (tertiary/aromatic N) is 5. The molecule has 4 amide bonds. The van der Waals surface area contributed by atoms with E-state index in [9.17, 15) is 49.2 Å². The number of carboxylic acids is 2. The number of hydrazine groups is 1. The van der Waals surface area contributed by atoms with E-state index in [1.807, 2.05) is 0 Å². The molecule has 8 N–H and O–H groups in total. The van der Waals surface area contributed by atoms with Crippen molar-refractivity contribution in [3.8, 4) is 11.5 Å². The number of piperidine rings is 1. The summed E-state index contributed by atoms with van der Waals surface area (Å²) in [4.78, 5) is 87.7. The zero-order valence-electron chi connectivity index (χ0n) is 28.6. The molecule has 0 aliphatic carbocycles. The molecule has 5 aliphatic heterocycles. The molecule has 54 heavy (non-hydrogen) atoms. The van der Waals surface area contributed by atoms with E-state index in [0.29, 0.717) is 36.2 Å². The van der Waals surface area contributed by atoms with Crippen molar-refractivity contribution in [2.45, 2.75) is 43.7 Å². The van der Waals surface area contributed by atoms with Crippen LogP contribution in [0.4, 0.5) is 5.13 Å². The predicted octanol–water partition coefficient (Wildman–Crippen LogP) is 0.524. The fourth-order valence-electron chi connectivity index (χ4n) is 7.60. The topological polar surface area (TPSA) is 274 Å². The number of hydrogen-bond donors (Lipinski definition) is 7. The van der Waals surface area contributed by atoms with Crippen LogP contribution < -0.4 is 16.5 Å². The summed E-state index contributed by atoms with van der Waals surface area (Å²) in [5.74, 6) is -6.70. The number of β-lactam (4-membered cyclic amide) rings is 1. The highest BCUT2D eigenvalue weighted by Crippen LogP contribution is 2.48. The van der Waals surface area contributed by atoms with Gasteiger partial charge in [0.05, 0.1) is 35.8 Å². The summed E-state index contributed by atoms with van der Waals surface area (Å²) in [6.07, 6.45) is 1.44. The standard InChI is InChI=1S/C32H33ClN8O11S2/c1-31(2,29(50)51)52-38-19(15-10-54-30(34)36-15)23(44)37-20-26(47)39-21(28(48)49)13(9-53-27(20)39)8-41-5-3-32(12-41,4-6-41)11-35-40-24(45)14-7-16(42)22(43)18(33)17(14)25(40)46/h7,10,20,27,35H,3-6,8-9,11-12H2,1-2H3,(H6-,34,36,37,38,42,43,44,45,46,48,49,50,51)/p+1/t20-,27-,32?,41?/m1/s1. The number of phenols is 2. The zero-order chi connectivity index (χ0) is 39.1. The molecule has 2 aromatic rings. The molecule has 3 saturated heterocycles. The van der Waals surface area contributed by atoms with Crippen molar-refractivity contribution in [3.05, 3.63) is 44.6 Å². The number of nitrogen functional groups attached to an aromatic ring is 1. The van der Waals surface area contributed by atoms with Crippen LogP contribution in [0.2, 0.25) is 5.02 Å².